The first kappa shape index (κ1) is 25.7. The van der Waals surface area contributed by atoms with E-state index in [0.717, 1.165) is 30.3 Å². The van der Waals surface area contributed by atoms with Crippen molar-refractivity contribution in [1.82, 2.24) is 9.97 Å². The van der Waals surface area contributed by atoms with Gasteiger partial charge in [0.25, 0.3) is 0 Å². The molecule has 0 saturated carbocycles. The molecule has 4 aromatic rings. The lowest BCUT2D eigenvalue weighted by atomic mass is 9.90. The summed E-state index contributed by atoms with van der Waals surface area (Å²) in [6, 6.07) is 12.6. The van der Waals surface area contributed by atoms with Gasteiger partial charge in [-0.3, -0.25) is 14.7 Å². The number of rotatable bonds is 4. The number of alkyl halides is 3. The molecule has 37 heavy (non-hydrogen) atoms. The summed E-state index contributed by atoms with van der Waals surface area (Å²) in [5, 5.41) is 0. The Balaban J connectivity index is 0.00000320. The van der Waals surface area contributed by atoms with Crippen LogP contribution in [0.15, 0.2) is 73.1 Å². The second kappa shape index (κ2) is 9.61. The van der Waals surface area contributed by atoms with Crippen LogP contribution in [0.3, 0.4) is 0 Å². The van der Waals surface area contributed by atoms with E-state index in [1.165, 1.54) is 29.4 Å². The fourth-order valence-electron chi connectivity index (χ4n) is 4.38. The Kier molecular flexibility index (Phi) is 6.68. The van der Waals surface area contributed by atoms with Crippen molar-refractivity contribution < 1.29 is 26.7 Å². The predicted octanol–water partition coefficient (Wildman–Crippen LogP) is 6.66. The molecule has 0 spiro atoms. The monoisotopic (exact) mass is 512 g/mol. The predicted molar refractivity (Wildman–Crippen MR) is 130 cm³/mol. The second-order valence-corrected chi connectivity index (χ2v) is 8.36. The van der Waals surface area contributed by atoms with Gasteiger partial charge in [0.2, 0.25) is 5.91 Å². The topological polar surface area (TPSA) is 72.1 Å². The van der Waals surface area contributed by atoms with Gasteiger partial charge >= 0.3 is 6.18 Å². The minimum Gasteiger partial charge on any atom is -0.382 e. The third kappa shape index (κ3) is 5.00. The second-order valence-electron chi connectivity index (χ2n) is 8.36. The van der Waals surface area contributed by atoms with E-state index in [1.807, 2.05) is 0 Å². The summed E-state index contributed by atoms with van der Waals surface area (Å²) < 4.78 is 67.5. The number of hydrogen-bond donors (Lipinski definition) is 1. The molecule has 1 aromatic heterocycles. The molecular weight excluding hydrogens is 491 g/mol. The Labute approximate surface area is 209 Å². The molecule has 1 aliphatic rings. The number of amides is 1. The molecule has 2 N–H and O–H groups in total. The third-order valence-corrected chi connectivity index (χ3v) is 5.92. The lowest BCUT2D eigenvalue weighted by Gasteiger charge is -2.17. The molecule has 1 atom stereocenters. The van der Waals surface area contributed by atoms with E-state index in [2.05, 4.69) is 9.97 Å². The molecule has 5 rings (SSSR count). The van der Waals surface area contributed by atoms with E-state index in [1.54, 1.807) is 18.2 Å². The van der Waals surface area contributed by atoms with Crippen LogP contribution in [-0.4, -0.2) is 15.9 Å². The number of anilines is 3. The molecule has 0 radical (unpaired) electrons. The van der Waals surface area contributed by atoms with Crippen molar-refractivity contribution in [2.45, 2.75) is 25.9 Å². The molecule has 0 fully saturated rings. The maximum Gasteiger partial charge on any atom is 0.416 e. The maximum atomic E-state index is 13.8. The van der Waals surface area contributed by atoms with Crippen LogP contribution < -0.4 is 10.6 Å². The first-order valence-corrected chi connectivity index (χ1v) is 10.8. The summed E-state index contributed by atoms with van der Waals surface area (Å²) in [5.41, 5.74) is 6.85. The Morgan fingerprint density at radius 1 is 0.919 bits per heavy atom. The molecule has 1 aliphatic heterocycles. The van der Waals surface area contributed by atoms with E-state index in [9.17, 15) is 26.7 Å². The van der Waals surface area contributed by atoms with Gasteiger partial charge in [0, 0.05) is 6.07 Å². The van der Waals surface area contributed by atoms with Gasteiger partial charge in [-0.15, -0.1) is 0 Å². The molecule has 0 bridgehead atoms. The standard InChI is InChI=1S/C26H17F5N4O.CH4/c27-18-6-14(7-19(28)11-18)8-21-20-10-16(15-2-1-3-17(9-15)26(29,30)31)4-5-22(20)35(25(21)36)24-13-33-12-23(32)34-24;/h1-7,9-13,21H,8H2,(H2,32,34);1H4. The summed E-state index contributed by atoms with van der Waals surface area (Å²) in [5.74, 6) is -2.65. The summed E-state index contributed by atoms with van der Waals surface area (Å²) in [4.78, 5) is 23.0. The minimum absolute atomic E-state index is 0. The first-order valence-electron chi connectivity index (χ1n) is 10.8. The van der Waals surface area contributed by atoms with Crippen molar-refractivity contribution in [2.75, 3.05) is 10.6 Å². The molecular formula is C27H21F5N4O. The van der Waals surface area contributed by atoms with Crippen LogP contribution in [0, 0.1) is 11.6 Å². The zero-order chi connectivity index (χ0) is 25.6. The molecule has 1 amide bonds. The quantitative estimate of drug-likeness (QED) is 0.310. The Morgan fingerprint density at radius 3 is 2.30 bits per heavy atom. The molecule has 5 nitrogen and oxygen atoms in total. The zero-order valence-electron chi connectivity index (χ0n) is 18.4. The molecule has 2 heterocycles. The van der Waals surface area contributed by atoms with E-state index in [0.29, 0.717) is 22.4 Å². The molecule has 10 heteroatoms. The highest BCUT2D eigenvalue weighted by Gasteiger charge is 2.39. The lowest BCUT2D eigenvalue weighted by Crippen LogP contribution is -2.26. The van der Waals surface area contributed by atoms with Crippen molar-refractivity contribution >= 4 is 23.2 Å². The van der Waals surface area contributed by atoms with Gasteiger partial charge in [-0.25, -0.2) is 13.8 Å². The molecule has 1 unspecified atom stereocenters. The number of carbonyl (C=O) groups is 1. The van der Waals surface area contributed by atoms with Crippen LogP contribution in [-0.2, 0) is 17.4 Å². The maximum absolute atomic E-state index is 13.8. The summed E-state index contributed by atoms with van der Waals surface area (Å²) in [7, 11) is 0. The average molecular weight is 512 g/mol. The van der Waals surface area contributed by atoms with Crippen molar-refractivity contribution in [2.24, 2.45) is 0 Å². The zero-order valence-corrected chi connectivity index (χ0v) is 18.4. The number of halogens is 5. The Morgan fingerprint density at radius 2 is 1.62 bits per heavy atom. The van der Waals surface area contributed by atoms with Gasteiger partial charge in [-0.05, 0) is 65.1 Å². The highest BCUT2D eigenvalue weighted by molar-refractivity contribution is 6.10. The van der Waals surface area contributed by atoms with Gasteiger partial charge in [-0.2, -0.15) is 13.2 Å². The smallest absolute Gasteiger partial charge is 0.382 e. The normalized spacial score (nSPS) is 14.9. The van der Waals surface area contributed by atoms with E-state index in [4.69, 9.17) is 5.73 Å². The molecule has 0 saturated heterocycles. The highest BCUT2D eigenvalue weighted by Crippen LogP contribution is 2.45. The number of fused-ring (bicyclic) bond motifs is 1. The summed E-state index contributed by atoms with van der Waals surface area (Å²) >= 11 is 0. The number of nitrogen functional groups attached to an aromatic ring is 1. The van der Waals surface area contributed by atoms with Crippen LogP contribution in [0.1, 0.15) is 30.0 Å². The number of benzene rings is 3. The van der Waals surface area contributed by atoms with Crippen molar-refractivity contribution in [3.63, 3.8) is 0 Å². The molecule has 3 aromatic carbocycles. The summed E-state index contributed by atoms with van der Waals surface area (Å²) in [6.45, 7) is 0. The van der Waals surface area contributed by atoms with Gasteiger partial charge < -0.3 is 5.73 Å². The largest absolute Gasteiger partial charge is 0.416 e. The molecule has 190 valence electrons. The van der Waals surface area contributed by atoms with Crippen LogP contribution in [0.4, 0.5) is 39.3 Å². The molecule has 0 aliphatic carbocycles. The van der Waals surface area contributed by atoms with Gasteiger partial charge in [0.15, 0.2) is 5.82 Å². The lowest BCUT2D eigenvalue weighted by molar-refractivity contribution is -0.137. The van der Waals surface area contributed by atoms with Crippen molar-refractivity contribution in [3.05, 3.63) is 101 Å². The fraction of sp³-hybridized carbons (Fsp3) is 0.148. The van der Waals surface area contributed by atoms with E-state index in [-0.39, 0.29) is 31.0 Å². The number of aromatic nitrogens is 2. The van der Waals surface area contributed by atoms with Crippen molar-refractivity contribution in [1.29, 1.82) is 0 Å². The number of hydrogen-bond acceptors (Lipinski definition) is 4. The Hall–Kier alpha value is -4.34. The summed E-state index contributed by atoms with van der Waals surface area (Å²) in [6.07, 6.45) is -1.90. The van der Waals surface area contributed by atoms with Gasteiger partial charge in [-0.1, -0.05) is 25.6 Å². The van der Waals surface area contributed by atoms with Crippen LogP contribution in [0.25, 0.3) is 11.1 Å². The number of nitrogens with zero attached hydrogens (tertiary/aromatic N) is 3. The average Bonchev–Trinajstić information content (AvgIpc) is 3.08. The number of nitrogens with two attached hydrogens (primary N) is 1. The first-order chi connectivity index (χ1) is 17.1. The van der Waals surface area contributed by atoms with Crippen molar-refractivity contribution in [3.8, 4) is 11.1 Å². The van der Waals surface area contributed by atoms with Crippen LogP contribution >= 0.6 is 0 Å². The van der Waals surface area contributed by atoms with E-state index >= 15 is 0 Å². The minimum atomic E-state index is -4.52. The van der Waals surface area contributed by atoms with Crippen LogP contribution in [0.5, 0.6) is 0 Å². The Bertz CT molecular complexity index is 1470. The number of carbonyl (C=O) groups excluding carboxylic acids is 1. The fourth-order valence-corrected chi connectivity index (χ4v) is 4.38. The van der Waals surface area contributed by atoms with E-state index < -0.39 is 35.2 Å². The highest BCUT2D eigenvalue weighted by atomic mass is 19.4. The van der Waals surface area contributed by atoms with Gasteiger partial charge in [0.05, 0.1) is 29.6 Å². The third-order valence-electron chi connectivity index (χ3n) is 5.92. The van der Waals surface area contributed by atoms with Crippen LogP contribution in [0.2, 0.25) is 0 Å². The van der Waals surface area contributed by atoms with Gasteiger partial charge in [0.1, 0.15) is 17.5 Å². The SMILES string of the molecule is C.Nc1cncc(N2C(=O)C(Cc3cc(F)cc(F)c3)c3cc(-c4cccc(C(F)(F)F)c4)ccc32)n1.